The van der Waals surface area contributed by atoms with Gasteiger partial charge in [-0.2, -0.15) is 0 Å². The van der Waals surface area contributed by atoms with Crippen LogP contribution in [-0.4, -0.2) is 22.5 Å². The zero-order chi connectivity index (χ0) is 11.8. The Morgan fingerprint density at radius 3 is 2.94 bits per heavy atom. The van der Waals surface area contributed by atoms with Crippen LogP contribution in [0.15, 0.2) is 18.6 Å². The first-order valence-electron chi connectivity index (χ1n) is 5.67. The van der Waals surface area contributed by atoms with Crippen LogP contribution in [0.1, 0.15) is 43.6 Å². The second-order valence-electron chi connectivity index (χ2n) is 3.94. The molecule has 0 amide bonds. The first kappa shape index (κ1) is 12.6. The number of carbonyl (C=O) groups is 1. The number of ether oxygens (including phenoxy) is 1. The fourth-order valence-corrected chi connectivity index (χ4v) is 1.33. The summed E-state index contributed by atoms with van der Waals surface area (Å²) in [5.41, 5.74) is 0.269. The molecule has 0 aromatic carbocycles. The Bertz CT molecular complexity index is 314. The van der Waals surface area contributed by atoms with Crippen LogP contribution in [0.25, 0.3) is 0 Å². The van der Waals surface area contributed by atoms with Crippen LogP contribution in [-0.2, 0) is 4.74 Å². The smallest absolute Gasteiger partial charge is 0.358 e. The van der Waals surface area contributed by atoms with E-state index < -0.39 is 5.97 Å². The predicted molar refractivity (Wildman–Crippen MR) is 61.0 cm³/mol. The van der Waals surface area contributed by atoms with Crippen molar-refractivity contribution in [3.05, 3.63) is 24.3 Å². The fourth-order valence-electron chi connectivity index (χ4n) is 1.33. The lowest BCUT2D eigenvalue weighted by Gasteiger charge is -2.10. The first-order valence-corrected chi connectivity index (χ1v) is 5.67. The Kier molecular flexibility index (Phi) is 5.46. The number of hydrogen-bond acceptors (Lipinski definition) is 4. The number of carbonyl (C=O) groups excluding carboxylic acids is 1. The van der Waals surface area contributed by atoms with Crippen LogP contribution >= 0.6 is 0 Å². The van der Waals surface area contributed by atoms with Crippen LogP contribution in [0, 0.1) is 5.92 Å². The van der Waals surface area contributed by atoms with Gasteiger partial charge in [-0.15, -0.1) is 0 Å². The summed E-state index contributed by atoms with van der Waals surface area (Å²) in [4.78, 5) is 19.2. The van der Waals surface area contributed by atoms with E-state index >= 15 is 0 Å². The number of nitrogens with zero attached hydrogens (tertiary/aromatic N) is 2. The van der Waals surface area contributed by atoms with Crippen molar-refractivity contribution < 1.29 is 9.53 Å². The zero-order valence-electron chi connectivity index (χ0n) is 9.85. The molecule has 4 nitrogen and oxygen atoms in total. The third-order valence-corrected chi connectivity index (χ3v) is 2.32. The second-order valence-corrected chi connectivity index (χ2v) is 3.94. The molecule has 0 radical (unpaired) electrons. The van der Waals surface area contributed by atoms with Gasteiger partial charge in [0.2, 0.25) is 0 Å². The lowest BCUT2D eigenvalue weighted by atomic mass is 10.1. The molecule has 1 rings (SSSR count). The van der Waals surface area contributed by atoms with Crippen LogP contribution < -0.4 is 0 Å². The molecule has 1 unspecified atom stereocenters. The average molecular weight is 222 g/mol. The van der Waals surface area contributed by atoms with Crippen molar-refractivity contribution in [3.8, 4) is 0 Å². The summed E-state index contributed by atoms with van der Waals surface area (Å²) in [6.07, 6.45) is 7.85. The van der Waals surface area contributed by atoms with Gasteiger partial charge in [0.1, 0.15) is 0 Å². The zero-order valence-corrected chi connectivity index (χ0v) is 9.85. The first-order chi connectivity index (χ1) is 7.74. The highest BCUT2D eigenvalue weighted by Crippen LogP contribution is 2.08. The van der Waals surface area contributed by atoms with E-state index in [1.165, 1.54) is 31.4 Å². The van der Waals surface area contributed by atoms with Gasteiger partial charge < -0.3 is 4.74 Å². The molecular weight excluding hydrogens is 204 g/mol. The molecule has 1 aromatic rings. The Balaban J connectivity index is 2.30. The largest absolute Gasteiger partial charge is 0.461 e. The maximum Gasteiger partial charge on any atom is 0.358 e. The molecule has 1 aromatic heterocycles. The molecule has 1 atom stereocenters. The number of rotatable bonds is 6. The molecule has 0 aliphatic rings. The monoisotopic (exact) mass is 222 g/mol. The van der Waals surface area contributed by atoms with Gasteiger partial charge in [0.15, 0.2) is 5.69 Å². The third kappa shape index (κ3) is 4.38. The Labute approximate surface area is 96.1 Å². The van der Waals surface area contributed by atoms with Gasteiger partial charge in [0.25, 0.3) is 0 Å². The van der Waals surface area contributed by atoms with Crippen molar-refractivity contribution in [3.63, 3.8) is 0 Å². The van der Waals surface area contributed by atoms with Crippen molar-refractivity contribution in [2.45, 2.75) is 33.1 Å². The summed E-state index contributed by atoms with van der Waals surface area (Å²) in [5, 5.41) is 0. The van der Waals surface area contributed by atoms with Crippen LogP contribution in [0.5, 0.6) is 0 Å². The normalized spacial score (nSPS) is 12.1. The summed E-state index contributed by atoms with van der Waals surface area (Å²) in [6, 6.07) is 0. The molecule has 16 heavy (non-hydrogen) atoms. The minimum absolute atomic E-state index is 0.269. The number of unbranched alkanes of at least 4 members (excludes halogenated alkanes) is 1. The van der Waals surface area contributed by atoms with E-state index in [9.17, 15) is 4.79 Å². The van der Waals surface area contributed by atoms with Gasteiger partial charge in [-0.25, -0.2) is 9.78 Å². The average Bonchev–Trinajstić information content (AvgIpc) is 2.34. The van der Waals surface area contributed by atoms with E-state index in [4.69, 9.17) is 4.74 Å². The van der Waals surface area contributed by atoms with Crippen LogP contribution in [0.2, 0.25) is 0 Å². The van der Waals surface area contributed by atoms with E-state index in [0.29, 0.717) is 12.5 Å². The summed E-state index contributed by atoms with van der Waals surface area (Å²) in [6.45, 7) is 4.69. The van der Waals surface area contributed by atoms with Gasteiger partial charge in [-0.1, -0.05) is 26.7 Å². The summed E-state index contributed by atoms with van der Waals surface area (Å²) >= 11 is 0. The Morgan fingerprint density at radius 2 is 2.31 bits per heavy atom. The van der Waals surface area contributed by atoms with Crippen LogP contribution in [0.3, 0.4) is 0 Å². The second kappa shape index (κ2) is 6.93. The van der Waals surface area contributed by atoms with Gasteiger partial charge in [-0.05, 0) is 12.3 Å². The molecular formula is C12H18N2O2. The van der Waals surface area contributed by atoms with E-state index in [-0.39, 0.29) is 5.69 Å². The van der Waals surface area contributed by atoms with Gasteiger partial charge in [0, 0.05) is 12.4 Å². The van der Waals surface area contributed by atoms with E-state index in [1.807, 2.05) is 0 Å². The van der Waals surface area contributed by atoms with Crippen LogP contribution in [0.4, 0.5) is 0 Å². The topological polar surface area (TPSA) is 52.1 Å². The molecule has 0 saturated carbocycles. The van der Waals surface area contributed by atoms with E-state index in [1.54, 1.807) is 0 Å². The highest BCUT2D eigenvalue weighted by molar-refractivity contribution is 5.86. The maximum atomic E-state index is 11.5. The molecule has 0 N–H and O–H groups in total. The predicted octanol–water partition coefficient (Wildman–Crippen LogP) is 2.46. The molecule has 1 heterocycles. The van der Waals surface area contributed by atoms with Crippen molar-refractivity contribution in [1.29, 1.82) is 0 Å². The minimum atomic E-state index is -0.392. The molecule has 0 aliphatic heterocycles. The van der Waals surface area contributed by atoms with Gasteiger partial charge in [0.05, 0.1) is 12.8 Å². The SMILES string of the molecule is CCCCC(C)COC(=O)c1cnccn1. The standard InChI is InChI=1S/C12H18N2O2/c1-3-4-5-10(2)9-16-12(15)11-8-13-6-7-14-11/h6-8,10H,3-5,9H2,1-2H3. The molecule has 4 heteroatoms. The lowest BCUT2D eigenvalue weighted by Crippen LogP contribution is -2.13. The fraction of sp³-hybridized carbons (Fsp3) is 0.583. The maximum absolute atomic E-state index is 11.5. The summed E-state index contributed by atoms with van der Waals surface area (Å²) < 4.78 is 5.15. The van der Waals surface area contributed by atoms with E-state index in [2.05, 4.69) is 23.8 Å². The molecule has 0 bridgehead atoms. The van der Waals surface area contributed by atoms with Crippen molar-refractivity contribution in [2.75, 3.05) is 6.61 Å². The molecule has 0 fully saturated rings. The highest BCUT2D eigenvalue weighted by Gasteiger charge is 2.10. The van der Waals surface area contributed by atoms with Crippen molar-refractivity contribution in [1.82, 2.24) is 9.97 Å². The number of hydrogen-bond donors (Lipinski definition) is 0. The number of esters is 1. The highest BCUT2D eigenvalue weighted by atomic mass is 16.5. The summed E-state index contributed by atoms with van der Waals surface area (Å²) in [5.74, 6) is 0.0111. The van der Waals surface area contributed by atoms with Gasteiger partial charge >= 0.3 is 5.97 Å². The lowest BCUT2D eigenvalue weighted by molar-refractivity contribution is 0.0435. The molecule has 0 spiro atoms. The third-order valence-electron chi connectivity index (χ3n) is 2.32. The van der Waals surface area contributed by atoms with Crippen molar-refractivity contribution >= 4 is 5.97 Å². The van der Waals surface area contributed by atoms with Gasteiger partial charge in [-0.3, -0.25) is 4.98 Å². The molecule has 0 aliphatic carbocycles. The Hall–Kier alpha value is -1.45. The van der Waals surface area contributed by atoms with Crippen molar-refractivity contribution in [2.24, 2.45) is 5.92 Å². The minimum Gasteiger partial charge on any atom is -0.461 e. The number of aromatic nitrogens is 2. The quantitative estimate of drug-likeness (QED) is 0.694. The van der Waals surface area contributed by atoms with E-state index in [0.717, 1.165) is 6.42 Å². The molecule has 88 valence electrons. The molecule has 0 saturated heterocycles. The summed E-state index contributed by atoms with van der Waals surface area (Å²) in [7, 11) is 0. The Morgan fingerprint density at radius 1 is 1.50 bits per heavy atom.